The zero-order valence-corrected chi connectivity index (χ0v) is 12.8. The van der Waals surface area contributed by atoms with E-state index in [1.54, 1.807) is 11.8 Å². The van der Waals surface area contributed by atoms with Gasteiger partial charge in [0.1, 0.15) is 0 Å². The van der Waals surface area contributed by atoms with Gasteiger partial charge < -0.3 is 5.73 Å². The highest BCUT2D eigenvalue weighted by molar-refractivity contribution is 7.98. The van der Waals surface area contributed by atoms with Gasteiger partial charge in [0.05, 0.1) is 5.56 Å². The molecule has 6 heteroatoms. The Morgan fingerprint density at radius 1 is 1.35 bits per heavy atom. The van der Waals surface area contributed by atoms with Gasteiger partial charge in [0.15, 0.2) is 0 Å². The van der Waals surface area contributed by atoms with Gasteiger partial charge in [-0.3, -0.25) is 4.90 Å². The summed E-state index contributed by atoms with van der Waals surface area (Å²) in [4.78, 5) is 1.97. The van der Waals surface area contributed by atoms with E-state index >= 15 is 0 Å². The molecule has 0 aliphatic heterocycles. The highest BCUT2D eigenvalue weighted by Crippen LogP contribution is 2.34. The molecule has 1 unspecified atom stereocenters. The first-order valence-corrected chi connectivity index (χ1v) is 7.83. The van der Waals surface area contributed by atoms with Crippen molar-refractivity contribution < 1.29 is 13.2 Å². The fourth-order valence-electron chi connectivity index (χ4n) is 2.14. The lowest BCUT2D eigenvalue weighted by Gasteiger charge is -2.27. The summed E-state index contributed by atoms with van der Waals surface area (Å²) in [6, 6.07) is 4.27. The summed E-state index contributed by atoms with van der Waals surface area (Å²) >= 11 is 1.70. The Balaban J connectivity index is 2.97. The standard InChI is InChI=1S/C14H21F3N2S/c1-4-12(9-20-3)19(2)8-10-5-6-11(18)7-13(10)14(15,16)17/h5-7,12H,4,8-9,18H2,1-3H3. The number of nitrogen functional groups attached to an aromatic ring is 1. The summed E-state index contributed by atoms with van der Waals surface area (Å²) in [6.07, 6.45) is -1.46. The van der Waals surface area contributed by atoms with Crippen molar-refractivity contribution in [2.24, 2.45) is 0 Å². The van der Waals surface area contributed by atoms with Crippen LogP contribution in [-0.2, 0) is 12.7 Å². The zero-order valence-electron chi connectivity index (χ0n) is 12.0. The molecular weight excluding hydrogens is 285 g/mol. The SMILES string of the molecule is CCC(CSC)N(C)Cc1ccc(N)cc1C(F)(F)F. The van der Waals surface area contributed by atoms with Gasteiger partial charge in [0.2, 0.25) is 0 Å². The second kappa shape index (κ2) is 7.22. The number of thioether (sulfide) groups is 1. The quantitative estimate of drug-likeness (QED) is 0.809. The van der Waals surface area contributed by atoms with Crippen LogP contribution in [0.1, 0.15) is 24.5 Å². The maximum atomic E-state index is 13.0. The Morgan fingerprint density at radius 3 is 2.50 bits per heavy atom. The average Bonchev–Trinajstić information content (AvgIpc) is 2.36. The molecule has 0 fully saturated rings. The molecule has 1 rings (SSSR count). The molecule has 20 heavy (non-hydrogen) atoms. The molecule has 0 bridgehead atoms. The number of nitrogens with zero attached hydrogens (tertiary/aromatic N) is 1. The van der Waals surface area contributed by atoms with E-state index in [4.69, 9.17) is 5.73 Å². The highest BCUT2D eigenvalue weighted by Gasteiger charge is 2.33. The van der Waals surface area contributed by atoms with Crippen molar-refractivity contribution in [1.82, 2.24) is 4.90 Å². The van der Waals surface area contributed by atoms with Gasteiger partial charge in [0, 0.05) is 24.0 Å². The van der Waals surface area contributed by atoms with E-state index in [0.717, 1.165) is 18.2 Å². The van der Waals surface area contributed by atoms with E-state index in [0.29, 0.717) is 0 Å². The van der Waals surface area contributed by atoms with Crippen LogP contribution in [0, 0.1) is 0 Å². The van der Waals surface area contributed by atoms with Crippen LogP contribution in [-0.4, -0.2) is 30.0 Å². The van der Waals surface area contributed by atoms with Crippen molar-refractivity contribution in [3.63, 3.8) is 0 Å². The number of alkyl halides is 3. The van der Waals surface area contributed by atoms with Gasteiger partial charge in [0.25, 0.3) is 0 Å². The lowest BCUT2D eigenvalue weighted by molar-refractivity contribution is -0.138. The number of benzene rings is 1. The van der Waals surface area contributed by atoms with Crippen LogP contribution in [0.15, 0.2) is 18.2 Å². The molecule has 0 spiro atoms. The van der Waals surface area contributed by atoms with Crippen LogP contribution in [0.25, 0.3) is 0 Å². The monoisotopic (exact) mass is 306 g/mol. The van der Waals surface area contributed by atoms with Gasteiger partial charge in [-0.1, -0.05) is 13.0 Å². The average molecular weight is 306 g/mol. The Labute approximate surface area is 122 Å². The zero-order chi connectivity index (χ0) is 15.3. The van der Waals surface area contributed by atoms with Crippen molar-refractivity contribution in [1.29, 1.82) is 0 Å². The minimum absolute atomic E-state index is 0.139. The lowest BCUT2D eigenvalue weighted by Crippen LogP contribution is -2.33. The summed E-state index contributed by atoms with van der Waals surface area (Å²) in [7, 11) is 1.86. The minimum Gasteiger partial charge on any atom is -0.399 e. The Bertz CT molecular complexity index is 435. The molecule has 1 aromatic carbocycles. The molecule has 0 heterocycles. The first-order chi connectivity index (χ1) is 9.29. The third-order valence-corrected chi connectivity index (χ3v) is 4.03. The van der Waals surface area contributed by atoms with E-state index in [-0.39, 0.29) is 23.8 Å². The molecule has 0 saturated heterocycles. The first-order valence-electron chi connectivity index (χ1n) is 6.44. The van der Waals surface area contributed by atoms with E-state index in [1.807, 2.05) is 25.1 Å². The van der Waals surface area contributed by atoms with Gasteiger partial charge in [-0.05, 0) is 37.4 Å². The van der Waals surface area contributed by atoms with Gasteiger partial charge in [-0.2, -0.15) is 24.9 Å². The number of nitrogens with two attached hydrogens (primary N) is 1. The Kier molecular flexibility index (Phi) is 6.20. The van der Waals surface area contributed by atoms with Crippen LogP contribution >= 0.6 is 11.8 Å². The molecule has 1 aromatic rings. The molecule has 0 aliphatic rings. The van der Waals surface area contributed by atoms with Crippen LogP contribution in [0.4, 0.5) is 18.9 Å². The predicted molar refractivity (Wildman–Crippen MR) is 79.8 cm³/mol. The second-order valence-electron chi connectivity index (χ2n) is 4.85. The van der Waals surface area contributed by atoms with Gasteiger partial charge in [-0.25, -0.2) is 0 Å². The van der Waals surface area contributed by atoms with Crippen molar-refractivity contribution in [2.75, 3.05) is 24.8 Å². The molecule has 1 atom stereocenters. The molecule has 2 N–H and O–H groups in total. The number of hydrogen-bond acceptors (Lipinski definition) is 3. The Hall–Kier alpha value is -0.880. The molecule has 0 aliphatic carbocycles. The lowest BCUT2D eigenvalue weighted by atomic mass is 10.0. The second-order valence-corrected chi connectivity index (χ2v) is 5.76. The molecule has 2 nitrogen and oxygen atoms in total. The number of rotatable bonds is 6. The Morgan fingerprint density at radius 2 is 2.00 bits per heavy atom. The first kappa shape index (κ1) is 17.2. The number of hydrogen-bond donors (Lipinski definition) is 1. The third kappa shape index (κ3) is 4.59. The number of anilines is 1. The topological polar surface area (TPSA) is 29.3 Å². The van der Waals surface area contributed by atoms with Crippen LogP contribution in [0.5, 0.6) is 0 Å². The highest BCUT2D eigenvalue weighted by atomic mass is 32.2. The normalized spacial score (nSPS) is 13.8. The maximum absolute atomic E-state index is 13.0. The molecule has 0 radical (unpaired) electrons. The summed E-state index contributed by atoms with van der Waals surface area (Å²) < 4.78 is 39.1. The van der Waals surface area contributed by atoms with Gasteiger partial charge >= 0.3 is 6.18 Å². The molecule has 0 amide bonds. The molecule has 0 aromatic heterocycles. The van der Waals surface area contributed by atoms with Crippen molar-refractivity contribution in [3.05, 3.63) is 29.3 Å². The van der Waals surface area contributed by atoms with E-state index in [2.05, 4.69) is 0 Å². The fraction of sp³-hybridized carbons (Fsp3) is 0.571. The van der Waals surface area contributed by atoms with Crippen LogP contribution in [0.3, 0.4) is 0 Å². The maximum Gasteiger partial charge on any atom is 0.416 e. The summed E-state index contributed by atoms with van der Waals surface area (Å²) in [5.41, 5.74) is 5.25. The molecular formula is C14H21F3N2S. The van der Waals surface area contributed by atoms with Crippen LogP contribution in [0.2, 0.25) is 0 Å². The summed E-state index contributed by atoms with van der Waals surface area (Å²) in [6.45, 7) is 2.32. The van der Waals surface area contributed by atoms with E-state index in [1.165, 1.54) is 12.1 Å². The summed E-state index contributed by atoms with van der Waals surface area (Å²) in [5.74, 6) is 0.906. The predicted octanol–water partition coefficient (Wildman–Crippen LogP) is 3.86. The number of halogens is 3. The molecule has 0 saturated carbocycles. The van der Waals surface area contributed by atoms with Crippen molar-refractivity contribution >= 4 is 17.4 Å². The minimum atomic E-state index is -4.37. The van der Waals surface area contributed by atoms with E-state index in [9.17, 15) is 13.2 Å². The largest absolute Gasteiger partial charge is 0.416 e. The van der Waals surface area contributed by atoms with Crippen molar-refractivity contribution in [2.45, 2.75) is 32.1 Å². The van der Waals surface area contributed by atoms with Crippen molar-refractivity contribution in [3.8, 4) is 0 Å². The fourth-order valence-corrected chi connectivity index (χ4v) is 3.02. The third-order valence-electron chi connectivity index (χ3n) is 3.31. The summed E-state index contributed by atoms with van der Waals surface area (Å²) in [5, 5.41) is 0. The van der Waals surface area contributed by atoms with Gasteiger partial charge in [-0.15, -0.1) is 0 Å². The molecule has 114 valence electrons. The smallest absolute Gasteiger partial charge is 0.399 e. The van der Waals surface area contributed by atoms with Crippen LogP contribution < -0.4 is 5.73 Å². The van der Waals surface area contributed by atoms with E-state index < -0.39 is 11.7 Å².